The highest BCUT2D eigenvalue weighted by Gasteiger charge is 2.11. The molecule has 0 amide bonds. The lowest BCUT2D eigenvalue weighted by Crippen LogP contribution is -1.96. The molecule has 4 heteroatoms. The Hall–Kier alpha value is -2.62. The third-order valence-corrected chi connectivity index (χ3v) is 4.34. The highest BCUT2D eigenvalue weighted by atomic mass is 16.6. The van der Waals surface area contributed by atoms with Crippen molar-refractivity contribution in [1.29, 1.82) is 0 Å². The first-order chi connectivity index (χ1) is 10.6. The molecule has 2 aromatic carbocycles. The van der Waals surface area contributed by atoms with Crippen LogP contribution in [0.2, 0.25) is 0 Å². The Kier molecular flexibility index (Phi) is 3.67. The van der Waals surface area contributed by atoms with Gasteiger partial charge in [-0.1, -0.05) is 30.3 Å². The summed E-state index contributed by atoms with van der Waals surface area (Å²) in [6, 6.07) is 15.3. The summed E-state index contributed by atoms with van der Waals surface area (Å²) in [5.41, 5.74) is 5.15. The van der Waals surface area contributed by atoms with Crippen LogP contribution in [-0.2, 0) is 19.9 Å². The topological polar surface area (TPSA) is 48.1 Å². The molecule has 112 valence electrons. The number of nitro groups is 1. The largest absolute Gasteiger partial charge is 0.348 e. The smallest absolute Gasteiger partial charge is 0.269 e. The number of aromatic nitrogens is 1. The molecule has 0 aliphatic rings. The monoisotopic (exact) mass is 294 g/mol. The minimum Gasteiger partial charge on any atom is -0.348 e. The van der Waals surface area contributed by atoms with Crippen molar-refractivity contribution in [3.8, 4) is 0 Å². The lowest BCUT2D eigenvalue weighted by molar-refractivity contribution is -0.384. The number of rotatable bonds is 4. The van der Waals surface area contributed by atoms with Crippen LogP contribution in [0.5, 0.6) is 0 Å². The fourth-order valence-electron chi connectivity index (χ4n) is 2.97. The fraction of sp³-hybridized carbons (Fsp3) is 0.222. The molecule has 0 bridgehead atoms. The molecule has 0 aliphatic heterocycles. The van der Waals surface area contributed by atoms with E-state index in [0.717, 1.165) is 18.4 Å². The summed E-state index contributed by atoms with van der Waals surface area (Å²) in [7, 11) is 2.09. The maximum atomic E-state index is 10.7. The van der Waals surface area contributed by atoms with E-state index in [2.05, 4.69) is 42.8 Å². The van der Waals surface area contributed by atoms with Gasteiger partial charge in [-0.05, 0) is 37.0 Å². The van der Waals surface area contributed by atoms with Crippen molar-refractivity contribution in [2.75, 3.05) is 0 Å². The Morgan fingerprint density at radius 1 is 1.05 bits per heavy atom. The fourth-order valence-corrected chi connectivity index (χ4v) is 2.97. The average molecular weight is 294 g/mol. The summed E-state index contributed by atoms with van der Waals surface area (Å²) in [5.74, 6) is 0. The summed E-state index contributed by atoms with van der Waals surface area (Å²) in [6.45, 7) is 2.14. The molecule has 0 atom stereocenters. The van der Waals surface area contributed by atoms with Crippen LogP contribution >= 0.6 is 0 Å². The van der Waals surface area contributed by atoms with Crippen LogP contribution in [-0.4, -0.2) is 9.49 Å². The van der Waals surface area contributed by atoms with Crippen LogP contribution < -0.4 is 0 Å². The van der Waals surface area contributed by atoms with E-state index in [9.17, 15) is 10.1 Å². The zero-order valence-electron chi connectivity index (χ0n) is 12.7. The number of aryl methyl sites for hydroxylation is 3. The maximum Gasteiger partial charge on any atom is 0.269 e. The lowest BCUT2D eigenvalue weighted by Gasteiger charge is -2.03. The Morgan fingerprint density at radius 2 is 1.73 bits per heavy atom. The highest BCUT2D eigenvalue weighted by Crippen LogP contribution is 2.26. The molecule has 0 aliphatic carbocycles. The number of hydrogen-bond acceptors (Lipinski definition) is 2. The second-order valence-corrected chi connectivity index (χ2v) is 5.56. The van der Waals surface area contributed by atoms with Crippen LogP contribution in [0, 0.1) is 17.0 Å². The Labute approximate surface area is 129 Å². The predicted molar refractivity (Wildman–Crippen MR) is 88.2 cm³/mol. The van der Waals surface area contributed by atoms with Crippen molar-refractivity contribution in [3.05, 3.63) is 75.5 Å². The van der Waals surface area contributed by atoms with Crippen LogP contribution in [0.25, 0.3) is 10.9 Å². The van der Waals surface area contributed by atoms with Crippen LogP contribution in [0.15, 0.2) is 48.5 Å². The molecule has 1 heterocycles. The van der Waals surface area contributed by atoms with Crippen molar-refractivity contribution in [1.82, 2.24) is 4.57 Å². The first-order valence-corrected chi connectivity index (χ1v) is 7.34. The van der Waals surface area contributed by atoms with E-state index in [1.807, 2.05) is 12.1 Å². The molecule has 0 unspecified atom stereocenters. The average Bonchev–Trinajstić information content (AvgIpc) is 2.78. The van der Waals surface area contributed by atoms with Gasteiger partial charge >= 0.3 is 0 Å². The van der Waals surface area contributed by atoms with Crippen molar-refractivity contribution < 1.29 is 4.92 Å². The first-order valence-electron chi connectivity index (χ1n) is 7.34. The molecule has 4 nitrogen and oxygen atoms in total. The molecule has 0 fully saturated rings. The zero-order chi connectivity index (χ0) is 15.7. The predicted octanol–water partition coefficient (Wildman–Crippen LogP) is 4.18. The van der Waals surface area contributed by atoms with Gasteiger partial charge in [0.1, 0.15) is 0 Å². The van der Waals surface area contributed by atoms with Crippen LogP contribution in [0.3, 0.4) is 0 Å². The van der Waals surface area contributed by atoms with Gasteiger partial charge in [0.05, 0.1) is 4.92 Å². The summed E-state index contributed by atoms with van der Waals surface area (Å²) < 4.78 is 2.22. The Bertz CT molecular complexity index is 832. The quantitative estimate of drug-likeness (QED) is 0.535. The number of non-ortho nitro benzene ring substituents is 1. The summed E-state index contributed by atoms with van der Waals surface area (Å²) in [6.07, 6.45) is 1.82. The molecule has 0 N–H and O–H groups in total. The van der Waals surface area contributed by atoms with Gasteiger partial charge < -0.3 is 4.57 Å². The molecule has 0 spiro atoms. The number of para-hydroxylation sites is 1. The van der Waals surface area contributed by atoms with Crippen molar-refractivity contribution in [3.63, 3.8) is 0 Å². The van der Waals surface area contributed by atoms with E-state index >= 15 is 0 Å². The molecule has 0 radical (unpaired) electrons. The van der Waals surface area contributed by atoms with Gasteiger partial charge in [0, 0.05) is 35.8 Å². The van der Waals surface area contributed by atoms with E-state index in [-0.39, 0.29) is 10.6 Å². The molecular formula is C18H18N2O2. The van der Waals surface area contributed by atoms with E-state index < -0.39 is 0 Å². The summed E-state index contributed by atoms with van der Waals surface area (Å²) >= 11 is 0. The molecule has 0 saturated carbocycles. The summed E-state index contributed by atoms with van der Waals surface area (Å²) in [4.78, 5) is 10.3. The van der Waals surface area contributed by atoms with Crippen molar-refractivity contribution in [2.45, 2.75) is 19.8 Å². The van der Waals surface area contributed by atoms with E-state index in [4.69, 9.17) is 0 Å². The van der Waals surface area contributed by atoms with Gasteiger partial charge in [0.2, 0.25) is 0 Å². The molecule has 22 heavy (non-hydrogen) atoms. The lowest BCUT2D eigenvalue weighted by atomic mass is 10.0. The van der Waals surface area contributed by atoms with E-state index in [1.165, 1.54) is 22.2 Å². The van der Waals surface area contributed by atoms with Crippen LogP contribution in [0.1, 0.15) is 16.8 Å². The third-order valence-electron chi connectivity index (χ3n) is 4.34. The number of benzene rings is 2. The standard InChI is InChI=1S/C18H18N2O2/c1-13-16(17-5-3-4-6-18(17)19(13)2)12-9-14-7-10-15(11-8-14)20(21)22/h3-8,10-11H,9,12H2,1-2H3. The maximum absolute atomic E-state index is 10.7. The Balaban J connectivity index is 1.85. The van der Waals surface area contributed by atoms with Gasteiger partial charge in [-0.15, -0.1) is 0 Å². The normalized spacial score (nSPS) is 11.0. The first kappa shape index (κ1) is 14.3. The second kappa shape index (κ2) is 5.64. The van der Waals surface area contributed by atoms with E-state index in [1.54, 1.807) is 12.1 Å². The van der Waals surface area contributed by atoms with Gasteiger partial charge in [0.25, 0.3) is 5.69 Å². The molecule has 0 saturated heterocycles. The number of fused-ring (bicyclic) bond motifs is 1. The number of nitrogens with zero attached hydrogens (tertiary/aromatic N) is 2. The minimum absolute atomic E-state index is 0.144. The summed E-state index contributed by atoms with van der Waals surface area (Å²) in [5, 5.41) is 12.0. The van der Waals surface area contributed by atoms with Gasteiger partial charge in [0.15, 0.2) is 0 Å². The van der Waals surface area contributed by atoms with Crippen molar-refractivity contribution >= 4 is 16.6 Å². The van der Waals surface area contributed by atoms with Gasteiger partial charge in [-0.2, -0.15) is 0 Å². The number of nitro benzene ring substituents is 1. The van der Waals surface area contributed by atoms with E-state index in [0.29, 0.717) is 0 Å². The van der Waals surface area contributed by atoms with Gasteiger partial charge in [-0.25, -0.2) is 0 Å². The molecule has 1 aromatic heterocycles. The molecule has 3 rings (SSSR count). The van der Waals surface area contributed by atoms with Crippen LogP contribution in [0.4, 0.5) is 5.69 Å². The molecular weight excluding hydrogens is 276 g/mol. The highest BCUT2D eigenvalue weighted by molar-refractivity contribution is 5.85. The minimum atomic E-state index is -0.362. The number of hydrogen-bond donors (Lipinski definition) is 0. The third kappa shape index (κ3) is 2.48. The second-order valence-electron chi connectivity index (χ2n) is 5.56. The van der Waals surface area contributed by atoms with Gasteiger partial charge in [-0.3, -0.25) is 10.1 Å². The Morgan fingerprint density at radius 3 is 2.41 bits per heavy atom. The van der Waals surface area contributed by atoms with Crippen molar-refractivity contribution in [2.24, 2.45) is 7.05 Å². The zero-order valence-corrected chi connectivity index (χ0v) is 12.7. The SMILES string of the molecule is Cc1c(CCc2ccc([N+](=O)[O-])cc2)c2ccccc2n1C. The molecule has 3 aromatic rings.